The van der Waals surface area contributed by atoms with E-state index in [4.69, 9.17) is 4.74 Å². The number of sulfonamides is 1. The number of nitrogens with zero attached hydrogens (tertiary/aromatic N) is 1. The van der Waals surface area contributed by atoms with Crippen LogP contribution in [-0.2, 0) is 14.8 Å². The van der Waals surface area contributed by atoms with Crippen LogP contribution in [0.4, 0.5) is 4.39 Å². The molecule has 1 aromatic rings. The van der Waals surface area contributed by atoms with E-state index in [1.165, 1.54) is 24.3 Å². The van der Waals surface area contributed by atoms with E-state index in [-0.39, 0.29) is 29.5 Å². The summed E-state index contributed by atoms with van der Waals surface area (Å²) < 4.78 is 44.0. The van der Waals surface area contributed by atoms with Crippen molar-refractivity contribution in [2.45, 2.75) is 30.9 Å². The number of ether oxygens (including phenoxy) is 1. The molecule has 0 spiro atoms. The molecule has 0 atom stereocenters. The summed E-state index contributed by atoms with van der Waals surface area (Å²) in [7, 11) is -3.09. The van der Waals surface area contributed by atoms with Gasteiger partial charge in [0.05, 0.1) is 5.25 Å². The van der Waals surface area contributed by atoms with Gasteiger partial charge >= 0.3 is 0 Å². The van der Waals surface area contributed by atoms with Gasteiger partial charge in [0.1, 0.15) is 11.6 Å². The summed E-state index contributed by atoms with van der Waals surface area (Å²) in [5.74, 6) is 0.125. The summed E-state index contributed by atoms with van der Waals surface area (Å²) in [6, 6.07) is 5.49. The molecule has 1 saturated heterocycles. The van der Waals surface area contributed by atoms with Gasteiger partial charge in [0.15, 0.2) is 6.61 Å². The molecule has 1 saturated carbocycles. The fourth-order valence-corrected chi connectivity index (χ4v) is 4.81. The summed E-state index contributed by atoms with van der Waals surface area (Å²) >= 11 is 0. The van der Waals surface area contributed by atoms with Gasteiger partial charge in [0.25, 0.3) is 5.91 Å². The van der Waals surface area contributed by atoms with E-state index in [1.54, 1.807) is 4.31 Å². The second-order valence-electron chi connectivity index (χ2n) is 6.63. The lowest BCUT2D eigenvalue weighted by atomic mass is 9.98. The first-order chi connectivity index (χ1) is 11.9. The Hall–Kier alpha value is -1.67. The molecule has 0 radical (unpaired) electrons. The van der Waals surface area contributed by atoms with Gasteiger partial charge in [-0.1, -0.05) is 0 Å². The van der Waals surface area contributed by atoms with Crippen LogP contribution in [0, 0.1) is 11.7 Å². The number of carbonyl (C=O) groups excluding carboxylic acids is 1. The maximum Gasteiger partial charge on any atom is 0.257 e. The minimum Gasteiger partial charge on any atom is -0.484 e. The molecule has 0 bridgehead atoms. The standard InChI is InChI=1S/C17H23FN2O4S/c18-14-1-3-15(4-2-14)24-12-17(21)19-11-13-7-9-20(10-8-13)25(22,23)16-5-6-16/h1-4,13,16H,5-12H2,(H,19,21). The summed E-state index contributed by atoms with van der Waals surface area (Å²) in [6.45, 7) is 1.46. The minimum atomic E-state index is -3.09. The second kappa shape index (κ2) is 7.70. The number of carbonyl (C=O) groups is 1. The van der Waals surface area contributed by atoms with Crippen LogP contribution in [0.3, 0.4) is 0 Å². The molecule has 2 aliphatic rings. The summed E-state index contributed by atoms with van der Waals surface area (Å²) in [5.41, 5.74) is 0. The van der Waals surface area contributed by atoms with E-state index in [0.717, 1.165) is 25.7 Å². The molecule has 8 heteroatoms. The maximum absolute atomic E-state index is 12.8. The topological polar surface area (TPSA) is 75.7 Å². The van der Waals surface area contributed by atoms with Crippen molar-refractivity contribution in [2.24, 2.45) is 5.92 Å². The zero-order chi connectivity index (χ0) is 17.9. The molecule has 1 amide bonds. The molecule has 1 aliphatic carbocycles. The van der Waals surface area contributed by atoms with E-state index in [0.29, 0.717) is 25.4 Å². The van der Waals surface area contributed by atoms with Crippen molar-refractivity contribution in [2.75, 3.05) is 26.2 Å². The number of benzene rings is 1. The van der Waals surface area contributed by atoms with Crippen LogP contribution in [0.1, 0.15) is 25.7 Å². The average molecular weight is 370 g/mol. The largest absolute Gasteiger partial charge is 0.484 e. The zero-order valence-electron chi connectivity index (χ0n) is 14.0. The van der Waals surface area contributed by atoms with Crippen molar-refractivity contribution in [1.29, 1.82) is 0 Å². The van der Waals surface area contributed by atoms with Crippen LogP contribution in [0.5, 0.6) is 5.75 Å². The van der Waals surface area contributed by atoms with Crippen molar-refractivity contribution in [3.05, 3.63) is 30.1 Å². The van der Waals surface area contributed by atoms with Gasteiger partial charge in [-0.25, -0.2) is 17.1 Å². The van der Waals surface area contributed by atoms with E-state index < -0.39 is 10.0 Å². The third-order valence-corrected chi connectivity index (χ3v) is 7.05. The van der Waals surface area contributed by atoms with Crippen LogP contribution in [0.25, 0.3) is 0 Å². The Morgan fingerprint density at radius 2 is 1.80 bits per heavy atom. The Labute approximate surface area is 147 Å². The molecular weight excluding hydrogens is 347 g/mol. The molecule has 138 valence electrons. The maximum atomic E-state index is 12.8. The van der Waals surface area contributed by atoms with Gasteiger partial charge in [0.2, 0.25) is 10.0 Å². The fraction of sp³-hybridized carbons (Fsp3) is 0.588. The van der Waals surface area contributed by atoms with Gasteiger partial charge in [-0.05, 0) is 55.9 Å². The highest BCUT2D eigenvalue weighted by atomic mass is 32.2. The van der Waals surface area contributed by atoms with Crippen LogP contribution in [0.15, 0.2) is 24.3 Å². The Morgan fingerprint density at radius 1 is 1.16 bits per heavy atom. The molecule has 1 aliphatic heterocycles. The van der Waals surface area contributed by atoms with Crippen molar-refractivity contribution < 1.29 is 22.3 Å². The molecule has 1 aromatic carbocycles. The Kier molecular flexibility index (Phi) is 5.58. The Bertz CT molecular complexity index is 696. The highest BCUT2D eigenvalue weighted by molar-refractivity contribution is 7.90. The van der Waals surface area contributed by atoms with Gasteiger partial charge in [-0.2, -0.15) is 0 Å². The van der Waals surface area contributed by atoms with Gasteiger partial charge in [-0.3, -0.25) is 4.79 Å². The molecule has 0 aromatic heterocycles. The van der Waals surface area contributed by atoms with Crippen LogP contribution in [-0.4, -0.2) is 50.1 Å². The molecule has 25 heavy (non-hydrogen) atoms. The predicted octanol–water partition coefficient (Wildman–Crippen LogP) is 1.52. The van der Waals surface area contributed by atoms with Crippen molar-refractivity contribution in [1.82, 2.24) is 9.62 Å². The Morgan fingerprint density at radius 3 is 2.40 bits per heavy atom. The number of hydrogen-bond acceptors (Lipinski definition) is 4. The minimum absolute atomic E-state index is 0.124. The number of hydrogen-bond donors (Lipinski definition) is 1. The van der Waals surface area contributed by atoms with Gasteiger partial charge in [0, 0.05) is 19.6 Å². The van der Waals surface area contributed by atoms with Gasteiger partial charge in [-0.15, -0.1) is 0 Å². The van der Waals surface area contributed by atoms with Gasteiger partial charge < -0.3 is 10.1 Å². The van der Waals surface area contributed by atoms with E-state index in [9.17, 15) is 17.6 Å². The van der Waals surface area contributed by atoms with Crippen LogP contribution in [0.2, 0.25) is 0 Å². The number of piperidine rings is 1. The first kappa shape index (κ1) is 18.1. The molecule has 0 unspecified atom stereocenters. The second-order valence-corrected chi connectivity index (χ2v) is 8.85. The molecule has 6 nitrogen and oxygen atoms in total. The molecule has 2 fully saturated rings. The van der Waals surface area contributed by atoms with Crippen LogP contribution < -0.4 is 10.1 Å². The molecule has 1 N–H and O–H groups in total. The van der Waals surface area contributed by atoms with E-state index in [2.05, 4.69) is 5.32 Å². The normalized spacial score (nSPS) is 19.6. The van der Waals surface area contributed by atoms with E-state index >= 15 is 0 Å². The third kappa shape index (κ3) is 4.92. The quantitative estimate of drug-likeness (QED) is 0.790. The lowest BCUT2D eigenvalue weighted by Gasteiger charge is -2.31. The smallest absolute Gasteiger partial charge is 0.257 e. The summed E-state index contributed by atoms with van der Waals surface area (Å²) in [4.78, 5) is 11.8. The van der Waals surface area contributed by atoms with Crippen LogP contribution >= 0.6 is 0 Å². The first-order valence-corrected chi connectivity index (χ1v) is 10.1. The third-order valence-electron chi connectivity index (χ3n) is 4.65. The van der Waals surface area contributed by atoms with Crippen molar-refractivity contribution in [3.8, 4) is 5.75 Å². The summed E-state index contributed by atoms with van der Waals surface area (Å²) in [5, 5.41) is 2.66. The zero-order valence-corrected chi connectivity index (χ0v) is 14.8. The SMILES string of the molecule is O=C(COc1ccc(F)cc1)NCC1CCN(S(=O)(=O)C2CC2)CC1. The molecular formula is C17H23FN2O4S. The van der Waals surface area contributed by atoms with Crippen molar-refractivity contribution >= 4 is 15.9 Å². The number of halogens is 1. The fourth-order valence-electron chi connectivity index (χ4n) is 2.93. The molecule has 3 rings (SSSR count). The monoisotopic (exact) mass is 370 g/mol. The number of rotatable bonds is 7. The van der Waals surface area contributed by atoms with E-state index in [1.807, 2.05) is 0 Å². The molecule has 1 heterocycles. The van der Waals surface area contributed by atoms with Crippen molar-refractivity contribution in [3.63, 3.8) is 0 Å². The first-order valence-electron chi connectivity index (χ1n) is 8.59. The average Bonchev–Trinajstić information content (AvgIpc) is 3.45. The predicted molar refractivity (Wildman–Crippen MR) is 91.1 cm³/mol. The lowest BCUT2D eigenvalue weighted by molar-refractivity contribution is -0.123. The highest BCUT2D eigenvalue weighted by Gasteiger charge is 2.41. The number of amides is 1. The summed E-state index contributed by atoms with van der Waals surface area (Å²) in [6.07, 6.45) is 3.08. The number of nitrogens with one attached hydrogen (secondary N) is 1. The lowest BCUT2D eigenvalue weighted by Crippen LogP contribution is -2.43. The Balaban J connectivity index is 1.35. The highest BCUT2D eigenvalue weighted by Crippen LogP contribution is 2.33.